The number of aryl methyl sites for hydroxylation is 1. The molecule has 0 spiro atoms. The van der Waals surface area contributed by atoms with Crippen molar-refractivity contribution in [1.29, 1.82) is 0 Å². The number of carbonyl (C=O) groups excluding carboxylic acids is 1. The van der Waals surface area contributed by atoms with Crippen LogP contribution in [0.1, 0.15) is 15.9 Å². The number of amides is 1. The Labute approximate surface area is 168 Å². The zero-order valence-electron chi connectivity index (χ0n) is 15.8. The van der Waals surface area contributed by atoms with Crippen LogP contribution in [-0.2, 0) is 10.0 Å². The molecule has 0 fully saturated rings. The van der Waals surface area contributed by atoms with Crippen LogP contribution in [0.15, 0.2) is 71.6 Å². The van der Waals surface area contributed by atoms with Gasteiger partial charge in [-0.1, -0.05) is 30.3 Å². The molecule has 2 N–H and O–H groups in total. The maximum absolute atomic E-state index is 13.8. The molecular weight excluding hydrogens is 395 g/mol. The number of halogens is 1. The predicted octanol–water partition coefficient (Wildman–Crippen LogP) is 4.20. The molecule has 0 atom stereocenters. The first-order chi connectivity index (χ1) is 13.8. The van der Waals surface area contributed by atoms with E-state index >= 15 is 0 Å². The molecule has 0 aliphatic carbocycles. The van der Waals surface area contributed by atoms with Gasteiger partial charge >= 0.3 is 0 Å². The van der Waals surface area contributed by atoms with E-state index in [4.69, 9.17) is 4.74 Å². The summed E-state index contributed by atoms with van der Waals surface area (Å²) in [7, 11) is -2.51. The van der Waals surface area contributed by atoms with Gasteiger partial charge in [-0.2, -0.15) is 0 Å². The molecule has 8 heteroatoms. The smallest absolute Gasteiger partial charge is 0.262 e. The highest BCUT2D eigenvalue weighted by molar-refractivity contribution is 7.92. The normalized spacial score (nSPS) is 11.0. The van der Waals surface area contributed by atoms with E-state index in [1.54, 1.807) is 43.3 Å². The number of ether oxygens (including phenoxy) is 1. The van der Waals surface area contributed by atoms with Gasteiger partial charge < -0.3 is 10.1 Å². The summed E-state index contributed by atoms with van der Waals surface area (Å²) in [4.78, 5) is 12.3. The molecule has 1 amide bonds. The highest BCUT2D eigenvalue weighted by Gasteiger charge is 2.19. The lowest BCUT2D eigenvalue weighted by Gasteiger charge is -2.14. The summed E-state index contributed by atoms with van der Waals surface area (Å²) in [6.45, 7) is 1.71. The molecule has 0 saturated carbocycles. The van der Waals surface area contributed by atoms with E-state index in [0.29, 0.717) is 11.3 Å². The minimum absolute atomic E-state index is 0.0576. The van der Waals surface area contributed by atoms with Crippen LogP contribution in [0.25, 0.3) is 0 Å². The van der Waals surface area contributed by atoms with Crippen molar-refractivity contribution in [3.8, 4) is 5.75 Å². The fourth-order valence-electron chi connectivity index (χ4n) is 2.67. The van der Waals surface area contributed by atoms with Gasteiger partial charge in [0.15, 0.2) is 0 Å². The number of nitrogens with one attached hydrogen (secondary N) is 2. The summed E-state index contributed by atoms with van der Waals surface area (Å²) < 4.78 is 47.1. The van der Waals surface area contributed by atoms with Gasteiger partial charge in [0.1, 0.15) is 11.6 Å². The van der Waals surface area contributed by atoms with E-state index in [1.807, 2.05) is 0 Å². The Kier molecular flexibility index (Phi) is 5.84. The topological polar surface area (TPSA) is 84.5 Å². The molecule has 0 unspecified atom stereocenters. The summed E-state index contributed by atoms with van der Waals surface area (Å²) in [5, 5.41) is 2.57. The van der Waals surface area contributed by atoms with Crippen molar-refractivity contribution >= 4 is 27.3 Å². The summed E-state index contributed by atoms with van der Waals surface area (Å²) in [5.41, 5.74) is 1.05. The number of rotatable bonds is 6. The third kappa shape index (κ3) is 4.55. The standard InChI is InChI=1S/C21H19FN2O4S/c1-14-11-12-15(29(26,27)24-18-9-5-6-10-20(18)28-2)13-19(14)23-21(25)16-7-3-4-8-17(16)22/h3-13,24H,1-2H3,(H,23,25). The average Bonchev–Trinajstić information content (AvgIpc) is 2.70. The summed E-state index contributed by atoms with van der Waals surface area (Å²) >= 11 is 0. The summed E-state index contributed by atoms with van der Waals surface area (Å²) in [6, 6.07) is 16.5. The molecule has 6 nitrogen and oxygen atoms in total. The monoisotopic (exact) mass is 414 g/mol. The number of carbonyl (C=O) groups is 1. The molecule has 0 saturated heterocycles. The number of hydrogen-bond acceptors (Lipinski definition) is 4. The van der Waals surface area contributed by atoms with Gasteiger partial charge in [-0.25, -0.2) is 12.8 Å². The lowest BCUT2D eigenvalue weighted by molar-refractivity contribution is 0.102. The minimum atomic E-state index is -3.95. The second kappa shape index (κ2) is 8.32. The van der Waals surface area contributed by atoms with Gasteiger partial charge in [0.2, 0.25) is 0 Å². The van der Waals surface area contributed by atoms with E-state index < -0.39 is 21.7 Å². The maximum atomic E-state index is 13.8. The second-order valence-electron chi connectivity index (χ2n) is 6.22. The third-order valence-electron chi connectivity index (χ3n) is 4.24. The van der Waals surface area contributed by atoms with Crippen LogP contribution < -0.4 is 14.8 Å². The maximum Gasteiger partial charge on any atom is 0.262 e. The van der Waals surface area contributed by atoms with Crippen molar-refractivity contribution in [3.63, 3.8) is 0 Å². The van der Waals surface area contributed by atoms with Crippen LogP contribution in [0.2, 0.25) is 0 Å². The van der Waals surface area contributed by atoms with Gasteiger partial charge in [0, 0.05) is 5.69 Å². The van der Waals surface area contributed by atoms with Crippen LogP contribution in [0.5, 0.6) is 5.75 Å². The summed E-state index contributed by atoms with van der Waals surface area (Å²) in [5.74, 6) is -0.959. The SMILES string of the molecule is COc1ccccc1NS(=O)(=O)c1ccc(C)c(NC(=O)c2ccccc2F)c1. The van der Waals surface area contributed by atoms with Crippen LogP contribution in [0.4, 0.5) is 15.8 Å². The second-order valence-corrected chi connectivity index (χ2v) is 7.90. The first-order valence-corrected chi connectivity index (χ1v) is 10.1. The molecule has 150 valence electrons. The Morgan fingerprint density at radius 1 is 0.966 bits per heavy atom. The Morgan fingerprint density at radius 3 is 2.38 bits per heavy atom. The molecule has 3 aromatic carbocycles. The van der Waals surface area contributed by atoms with Crippen molar-refractivity contribution in [2.75, 3.05) is 17.1 Å². The highest BCUT2D eigenvalue weighted by Crippen LogP contribution is 2.28. The number of hydrogen-bond donors (Lipinski definition) is 2. The molecule has 0 aliphatic rings. The van der Waals surface area contributed by atoms with Crippen LogP contribution >= 0.6 is 0 Å². The zero-order valence-corrected chi connectivity index (χ0v) is 16.6. The highest BCUT2D eigenvalue weighted by atomic mass is 32.2. The number of anilines is 2. The van der Waals surface area contributed by atoms with Gasteiger partial charge in [0.25, 0.3) is 15.9 Å². The molecule has 0 aromatic heterocycles. The molecule has 0 radical (unpaired) electrons. The molecule has 0 bridgehead atoms. The molecular formula is C21H19FN2O4S. The van der Waals surface area contributed by atoms with Crippen molar-refractivity contribution in [2.24, 2.45) is 0 Å². The van der Waals surface area contributed by atoms with Crippen LogP contribution in [0.3, 0.4) is 0 Å². The largest absolute Gasteiger partial charge is 0.495 e. The lowest BCUT2D eigenvalue weighted by Crippen LogP contribution is -2.17. The molecule has 0 heterocycles. The van der Waals surface area contributed by atoms with Gasteiger partial charge in [0.05, 0.1) is 23.3 Å². The van der Waals surface area contributed by atoms with Gasteiger partial charge in [-0.3, -0.25) is 9.52 Å². The van der Waals surface area contributed by atoms with Crippen LogP contribution in [-0.4, -0.2) is 21.4 Å². The van der Waals surface area contributed by atoms with Crippen molar-refractivity contribution in [3.05, 3.63) is 83.7 Å². The Morgan fingerprint density at radius 2 is 1.66 bits per heavy atom. The molecule has 3 aromatic rings. The van der Waals surface area contributed by atoms with Crippen LogP contribution in [0, 0.1) is 12.7 Å². The number of para-hydroxylation sites is 2. The van der Waals surface area contributed by atoms with E-state index in [-0.39, 0.29) is 21.8 Å². The average molecular weight is 414 g/mol. The van der Waals surface area contributed by atoms with Crippen molar-refractivity contribution < 1.29 is 22.3 Å². The van der Waals surface area contributed by atoms with E-state index in [1.165, 1.54) is 37.4 Å². The van der Waals surface area contributed by atoms with E-state index in [0.717, 1.165) is 0 Å². The fraction of sp³-hybridized carbons (Fsp3) is 0.0952. The molecule has 0 aliphatic heterocycles. The summed E-state index contributed by atoms with van der Waals surface area (Å²) in [6.07, 6.45) is 0. The zero-order chi connectivity index (χ0) is 21.0. The van der Waals surface area contributed by atoms with Gasteiger partial charge in [-0.15, -0.1) is 0 Å². The number of methoxy groups -OCH3 is 1. The Bertz CT molecular complexity index is 1160. The minimum Gasteiger partial charge on any atom is -0.495 e. The first kappa shape index (κ1) is 20.3. The Hall–Kier alpha value is -3.39. The van der Waals surface area contributed by atoms with Crippen molar-refractivity contribution in [1.82, 2.24) is 0 Å². The van der Waals surface area contributed by atoms with E-state index in [2.05, 4.69) is 10.0 Å². The molecule has 29 heavy (non-hydrogen) atoms. The number of benzene rings is 3. The number of sulfonamides is 1. The van der Waals surface area contributed by atoms with E-state index in [9.17, 15) is 17.6 Å². The molecule has 3 rings (SSSR count). The fourth-order valence-corrected chi connectivity index (χ4v) is 3.77. The predicted molar refractivity (Wildman–Crippen MR) is 109 cm³/mol. The third-order valence-corrected chi connectivity index (χ3v) is 5.60. The first-order valence-electron chi connectivity index (χ1n) is 8.64. The van der Waals surface area contributed by atoms with Crippen molar-refractivity contribution in [2.45, 2.75) is 11.8 Å². The lowest BCUT2D eigenvalue weighted by atomic mass is 10.1. The Balaban J connectivity index is 1.90. The quantitative estimate of drug-likeness (QED) is 0.633. The van der Waals surface area contributed by atoms with Gasteiger partial charge in [-0.05, 0) is 48.9 Å².